The highest BCUT2D eigenvalue weighted by Crippen LogP contribution is 2.34. The largest absolute Gasteiger partial charge is 0.394 e. The number of imidazole rings is 1. The van der Waals surface area contributed by atoms with Crippen LogP contribution >= 0.6 is 7.60 Å². The van der Waals surface area contributed by atoms with Gasteiger partial charge < -0.3 is 35.2 Å². The molecule has 0 amide bonds. The number of anilines is 2. The minimum absolute atomic E-state index is 0.0717. The third-order valence-electron chi connectivity index (χ3n) is 3.88. The van der Waals surface area contributed by atoms with Crippen molar-refractivity contribution in [2.45, 2.75) is 24.9 Å². The topological polar surface area (TPSA) is 169 Å². The van der Waals surface area contributed by atoms with E-state index in [4.69, 9.17) is 20.3 Å². The van der Waals surface area contributed by atoms with Crippen LogP contribution in [0.1, 0.15) is 18.9 Å². The number of fused-ring (bicyclic) bond motifs is 1. The lowest BCUT2D eigenvalue weighted by Crippen LogP contribution is -2.19. The van der Waals surface area contributed by atoms with Crippen LogP contribution in [-0.2, 0) is 9.30 Å². The van der Waals surface area contributed by atoms with Crippen LogP contribution in [0.15, 0.2) is 18.5 Å². The number of nitrogens with one attached hydrogen (secondary N) is 1. The summed E-state index contributed by atoms with van der Waals surface area (Å²) >= 11 is 0. The molecule has 3 rings (SSSR count). The van der Waals surface area contributed by atoms with E-state index in [-0.39, 0.29) is 19.2 Å². The van der Waals surface area contributed by atoms with Crippen molar-refractivity contribution in [3.63, 3.8) is 0 Å². The van der Waals surface area contributed by atoms with E-state index in [0.29, 0.717) is 28.6 Å². The van der Waals surface area contributed by atoms with E-state index in [1.54, 1.807) is 4.57 Å². The zero-order valence-electron chi connectivity index (χ0n) is 13.9. The normalized spacial score (nSPS) is 16.0. The van der Waals surface area contributed by atoms with E-state index in [0.717, 1.165) is 12.8 Å². The average Bonchev–Trinajstić information content (AvgIpc) is 3.26. The van der Waals surface area contributed by atoms with Gasteiger partial charge in [-0.3, -0.25) is 4.57 Å². The predicted octanol–water partition coefficient (Wildman–Crippen LogP) is 0.224. The number of nitrogens with two attached hydrogens (primary N) is 1. The smallest absolute Gasteiger partial charge is 0.350 e. The highest BCUT2D eigenvalue weighted by Gasteiger charge is 2.25. The molecule has 26 heavy (non-hydrogen) atoms. The van der Waals surface area contributed by atoms with Gasteiger partial charge in [0.15, 0.2) is 17.0 Å². The van der Waals surface area contributed by atoms with Gasteiger partial charge in [-0.25, -0.2) is 4.98 Å². The zero-order chi connectivity index (χ0) is 18.9. The summed E-state index contributed by atoms with van der Waals surface area (Å²) < 4.78 is 17.4. The third kappa shape index (κ3) is 4.37. The molecule has 12 heteroatoms. The van der Waals surface area contributed by atoms with Crippen molar-refractivity contribution in [1.82, 2.24) is 19.5 Å². The van der Waals surface area contributed by atoms with E-state index in [1.807, 2.05) is 0 Å². The van der Waals surface area contributed by atoms with Crippen molar-refractivity contribution in [1.29, 1.82) is 0 Å². The lowest BCUT2D eigenvalue weighted by molar-refractivity contribution is 0.163. The number of aromatic nitrogens is 4. The molecule has 1 aliphatic carbocycles. The van der Waals surface area contributed by atoms with E-state index < -0.39 is 20.0 Å². The molecule has 2 aromatic rings. The predicted molar refractivity (Wildman–Crippen MR) is 94.5 cm³/mol. The second-order valence-corrected chi connectivity index (χ2v) is 7.76. The van der Waals surface area contributed by atoms with E-state index in [9.17, 15) is 9.67 Å². The first-order valence-corrected chi connectivity index (χ1v) is 9.75. The Morgan fingerprint density at radius 1 is 1.50 bits per heavy atom. The number of hydrogen-bond donors (Lipinski definition) is 5. The number of hydrogen-bond acceptors (Lipinski definition) is 8. The molecule has 1 atom stereocenters. The van der Waals surface area contributed by atoms with Crippen LogP contribution < -0.4 is 11.1 Å². The summed E-state index contributed by atoms with van der Waals surface area (Å²) in [6, 6.07) is -0.290. The highest BCUT2D eigenvalue weighted by atomic mass is 31.2. The lowest BCUT2D eigenvalue weighted by Gasteiger charge is -2.19. The summed E-state index contributed by atoms with van der Waals surface area (Å²) in [6.07, 6.45) is 2.88. The number of nitrogens with zero attached hydrogens (tertiary/aromatic N) is 4. The van der Waals surface area contributed by atoms with Gasteiger partial charge in [0, 0.05) is 6.04 Å². The Labute approximate surface area is 149 Å². The van der Waals surface area contributed by atoms with Gasteiger partial charge in [0.05, 0.1) is 25.6 Å². The molecule has 1 unspecified atom stereocenters. The molecule has 2 heterocycles. The molecule has 0 aromatic carbocycles. The monoisotopic (exact) mass is 384 g/mol. The highest BCUT2D eigenvalue weighted by molar-refractivity contribution is 7.51. The maximum absolute atomic E-state index is 10.9. The molecule has 2 aromatic heterocycles. The summed E-state index contributed by atoms with van der Waals surface area (Å²) in [5.74, 6) is 0.608. The second-order valence-electron chi connectivity index (χ2n) is 6.17. The van der Waals surface area contributed by atoms with Gasteiger partial charge in [-0.2, -0.15) is 9.97 Å². The van der Waals surface area contributed by atoms with E-state index >= 15 is 0 Å². The average molecular weight is 384 g/mol. The minimum Gasteiger partial charge on any atom is -0.394 e. The molecule has 0 saturated heterocycles. The maximum Gasteiger partial charge on any atom is 0.350 e. The van der Waals surface area contributed by atoms with Crippen molar-refractivity contribution in [2.75, 3.05) is 30.6 Å². The Kier molecular flexibility index (Phi) is 5.26. The Hall–Kier alpha value is -2.04. The first-order chi connectivity index (χ1) is 12.3. The van der Waals surface area contributed by atoms with Crippen LogP contribution in [0.4, 0.5) is 11.8 Å². The van der Waals surface area contributed by atoms with Gasteiger partial charge >= 0.3 is 7.60 Å². The van der Waals surface area contributed by atoms with E-state index in [1.165, 1.54) is 6.33 Å². The quantitative estimate of drug-likeness (QED) is 0.298. The number of aliphatic hydroxyl groups is 1. The molecule has 1 saturated carbocycles. The minimum atomic E-state index is -4.27. The van der Waals surface area contributed by atoms with Crippen LogP contribution in [0.2, 0.25) is 0 Å². The Morgan fingerprint density at radius 3 is 2.85 bits per heavy atom. The second kappa shape index (κ2) is 7.29. The number of rotatable bonds is 9. The lowest BCUT2D eigenvalue weighted by atomic mass is 10.1. The Balaban J connectivity index is 1.83. The first kappa shape index (κ1) is 18.7. The van der Waals surface area contributed by atoms with E-state index in [2.05, 4.69) is 26.8 Å². The fraction of sp³-hybridized carbons (Fsp3) is 0.500. The number of aliphatic hydroxyl groups excluding tert-OH is 1. The zero-order valence-corrected chi connectivity index (χ0v) is 14.8. The van der Waals surface area contributed by atoms with Gasteiger partial charge in [0.1, 0.15) is 6.35 Å². The molecule has 1 aliphatic rings. The fourth-order valence-electron chi connectivity index (χ4n) is 2.49. The molecular weight excluding hydrogens is 363 g/mol. The molecule has 0 radical (unpaired) electrons. The van der Waals surface area contributed by atoms with Crippen molar-refractivity contribution in [2.24, 2.45) is 0 Å². The SMILES string of the molecule is C=C(COCP(=O)(O)O)C(CO)n1cnc2c(NC3CC3)nc(N)nc21. The van der Waals surface area contributed by atoms with Crippen molar-refractivity contribution in [3.8, 4) is 0 Å². The van der Waals surface area contributed by atoms with Gasteiger partial charge in [-0.1, -0.05) is 6.58 Å². The molecule has 11 nitrogen and oxygen atoms in total. The fourth-order valence-corrected chi connectivity index (χ4v) is 2.82. The van der Waals surface area contributed by atoms with Crippen molar-refractivity contribution < 1.29 is 24.2 Å². The molecule has 0 spiro atoms. The summed E-state index contributed by atoms with van der Waals surface area (Å²) in [6.45, 7) is 3.38. The third-order valence-corrected chi connectivity index (χ3v) is 4.40. The van der Waals surface area contributed by atoms with Crippen LogP contribution in [-0.4, -0.2) is 60.0 Å². The summed E-state index contributed by atoms with van der Waals surface area (Å²) in [7, 11) is -4.27. The van der Waals surface area contributed by atoms with Gasteiger partial charge in [0.25, 0.3) is 0 Å². The van der Waals surface area contributed by atoms with Crippen LogP contribution in [0, 0.1) is 0 Å². The summed E-state index contributed by atoms with van der Waals surface area (Å²) in [5.41, 5.74) is 7.15. The molecule has 0 bridgehead atoms. The van der Waals surface area contributed by atoms with Crippen LogP contribution in [0.3, 0.4) is 0 Å². The molecule has 142 valence electrons. The number of nitrogen functional groups attached to an aromatic ring is 1. The van der Waals surface area contributed by atoms with Crippen LogP contribution in [0.25, 0.3) is 11.2 Å². The molecule has 0 aliphatic heterocycles. The Morgan fingerprint density at radius 2 is 2.23 bits per heavy atom. The standard InChI is InChI=1S/C14H21N6O5P/c1-8(5-25-7-26(22,23)24)10(4-21)20-6-16-11-12(17-9-2-3-9)18-14(15)19-13(11)20/h6,9-10,21H,1-5,7H2,(H2,22,23,24)(H3,15,17,18,19). The molecule has 6 N–H and O–H groups in total. The summed E-state index contributed by atoms with van der Waals surface area (Å²) in [5, 5.41) is 13.0. The maximum atomic E-state index is 10.9. The number of ether oxygens (including phenoxy) is 1. The van der Waals surface area contributed by atoms with Gasteiger partial charge in [-0.05, 0) is 18.4 Å². The summed E-state index contributed by atoms with van der Waals surface area (Å²) in [4.78, 5) is 30.4. The molecular formula is C14H21N6O5P. The van der Waals surface area contributed by atoms with Crippen molar-refractivity contribution in [3.05, 3.63) is 18.5 Å². The van der Waals surface area contributed by atoms with Gasteiger partial charge in [0.2, 0.25) is 5.95 Å². The Bertz CT molecular complexity index is 861. The van der Waals surface area contributed by atoms with Crippen LogP contribution in [0.5, 0.6) is 0 Å². The van der Waals surface area contributed by atoms with Crippen molar-refractivity contribution >= 4 is 30.5 Å². The molecule has 1 fully saturated rings. The van der Waals surface area contributed by atoms with Gasteiger partial charge in [-0.15, -0.1) is 0 Å². The first-order valence-electron chi connectivity index (χ1n) is 7.96.